The number of aromatic carboxylic acids is 1. The molecule has 0 saturated carbocycles. The van der Waals surface area contributed by atoms with Gasteiger partial charge in [-0.3, -0.25) is 0 Å². The topological polar surface area (TPSA) is 75.4 Å². The molecule has 6 heteroatoms. The van der Waals surface area contributed by atoms with Crippen LogP contribution in [-0.4, -0.2) is 22.6 Å². The molecule has 0 amide bonds. The maximum atomic E-state index is 10.9. The largest absolute Gasteiger partial charge is 0.478 e. The molecular weight excluding hydrogens is 276 g/mol. The third-order valence-electron chi connectivity index (χ3n) is 2.91. The van der Waals surface area contributed by atoms with Gasteiger partial charge in [0.1, 0.15) is 5.52 Å². The summed E-state index contributed by atoms with van der Waals surface area (Å²) in [5, 5.41) is 16.2. The molecule has 0 aliphatic rings. The van der Waals surface area contributed by atoms with Gasteiger partial charge in [-0.25, -0.2) is 4.79 Å². The lowest BCUT2D eigenvalue weighted by molar-refractivity contribution is 0.0697. The number of fused-ring (bicyclic) bond motifs is 1. The minimum Gasteiger partial charge on any atom is -0.478 e. The van der Waals surface area contributed by atoms with Crippen LogP contribution in [-0.2, 0) is 6.42 Å². The quantitative estimate of drug-likeness (QED) is 0.753. The van der Waals surface area contributed by atoms with Gasteiger partial charge in [0.2, 0.25) is 0 Å². The number of hydrogen-bond donors (Lipinski definition) is 2. The van der Waals surface area contributed by atoms with E-state index in [2.05, 4.69) is 21.7 Å². The summed E-state index contributed by atoms with van der Waals surface area (Å²) in [4.78, 5) is 15.1. The van der Waals surface area contributed by atoms with Crippen molar-refractivity contribution in [3.8, 4) is 0 Å². The normalized spacial score (nSPS) is 10.8. The molecule has 0 fully saturated rings. The Balaban J connectivity index is 1.70. The minimum absolute atomic E-state index is 0.193. The fraction of sp³-hybridized carbons (Fsp3) is 0.143. The van der Waals surface area contributed by atoms with Crippen molar-refractivity contribution in [2.75, 3.05) is 11.9 Å². The molecule has 0 bridgehead atoms. The van der Waals surface area contributed by atoms with Crippen molar-refractivity contribution in [1.82, 2.24) is 4.98 Å². The van der Waals surface area contributed by atoms with E-state index in [1.165, 1.54) is 17.7 Å². The summed E-state index contributed by atoms with van der Waals surface area (Å²) in [6.45, 7) is 0.718. The predicted molar refractivity (Wildman–Crippen MR) is 77.5 cm³/mol. The van der Waals surface area contributed by atoms with Crippen molar-refractivity contribution >= 4 is 34.4 Å². The zero-order valence-electron chi connectivity index (χ0n) is 10.5. The molecular formula is C14H12N2O3S. The Bertz CT molecular complexity index is 734. The van der Waals surface area contributed by atoms with Crippen molar-refractivity contribution < 1.29 is 14.3 Å². The summed E-state index contributed by atoms with van der Waals surface area (Å²) in [5.41, 5.74) is 2.58. The van der Waals surface area contributed by atoms with Crippen molar-refractivity contribution in [2.24, 2.45) is 0 Å². The number of aromatic nitrogens is 1. The number of hydrogen-bond acceptors (Lipinski definition) is 5. The van der Waals surface area contributed by atoms with Gasteiger partial charge in [0, 0.05) is 6.54 Å². The lowest BCUT2D eigenvalue weighted by atomic mass is 10.2. The number of carboxylic acids is 1. The monoisotopic (exact) mass is 288 g/mol. The second-order valence-electron chi connectivity index (χ2n) is 4.32. The molecule has 2 N–H and O–H groups in total. The molecule has 0 aliphatic carbocycles. The van der Waals surface area contributed by atoms with Gasteiger partial charge in [-0.15, -0.1) is 0 Å². The second-order valence-corrected chi connectivity index (χ2v) is 5.10. The van der Waals surface area contributed by atoms with Crippen molar-refractivity contribution in [3.63, 3.8) is 0 Å². The molecule has 0 spiro atoms. The van der Waals surface area contributed by atoms with Crippen LogP contribution in [0, 0.1) is 0 Å². The number of carbonyl (C=O) groups is 1. The highest BCUT2D eigenvalue weighted by atomic mass is 32.1. The average Bonchev–Trinajstić information content (AvgIpc) is 3.06. The lowest BCUT2D eigenvalue weighted by Crippen LogP contribution is -2.04. The second kappa shape index (κ2) is 5.34. The van der Waals surface area contributed by atoms with E-state index in [-0.39, 0.29) is 5.56 Å². The van der Waals surface area contributed by atoms with E-state index in [9.17, 15) is 4.79 Å². The first-order valence-electron chi connectivity index (χ1n) is 6.11. The van der Waals surface area contributed by atoms with Crippen LogP contribution in [0.3, 0.4) is 0 Å². The van der Waals surface area contributed by atoms with Gasteiger partial charge in [-0.05, 0) is 47.0 Å². The summed E-state index contributed by atoms with van der Waals surface area (Å²) in [7, 11) is 0. The molecule has 0 saturated heterocycles. The summed E-state index contributed by atoms with van der Waals surface area (Å²) in [6, 6.07) is 7.14. The van der Waals surface area contributed by atoms with Gasteiger partial charge in [0.25, 0.3) is 6.01 Å². The number of nitrogens with one attached hydrogen (secondary N) is 1. The van der Waals surface area contributed by atoms with Gasteiger partial charge in [0.05, 0.1) is 5.56 Å². The summed E-state index contributed by atoms with van der Waals surface area (Å²) in [6.07, 6.45) is 0.891. The molecule has 0 unspecified atom stereocenters. The Hall–Kier alpha value is -2.34. The van der Waals surface area contributed by atoms with Gasteiger partial charge in [-0.2, -0.15) is 16.3 Å². The molecule has 0 aliphatic heterocycles. The molecule has 3 aromatic rings. The van der Waals surface area contributed by atoms with Gasteiger partial charge < -0.3 is 14.8 Å². The van der Waals surface area contributed by atoms with Crippen LogP contribution in [0.5, 0.6) is 0 Å². The maximum absolute atomic E-state index is 10.9. The summed E-state index contributed by atoms with van der Waals surface area (Å²) < 4.78 is 5.50. The Morgan fingerprint density at radius 3 is 3.05 bits per heavy atom. The van der Waals surface area contributed by atoms with E-state index in [4.69, 9.17) is 9.52 Å². The van der Waals surface area contributed by atoms with E-state index in [0.717, 1.165) is 13.0 Å². The zero-order valence-corrected chi connectivity index (χ0v) is 11.3. The fourth-order valence-electron chi connectivity index (χ4n) is 1.88. The highest BCUT2D eigenvalue weighted by Gasteiger charge is 2.09. The smallest absolute Gasteiger partial charge is 0.335 e. The third kappa shape index (κ3) is 2.65. The lowest BCUT2D eigenvalue weighted by Gasteiger charge is -1.99. The van der Waals surface area contributed by atoms with E-state index in [0.29, 0.717) is 17.1 Å². The third-order valence-corrected chi connectivity index (χ3v) is 3.64. The number of thiophene rings is 1. The van der Waals surface area contributed by atoms with Crippen LogP contribution in [0.4, 0.5) is 6.01 Å². The molecule has 102 valence electrons. The average molecular weight is 288 g/mol. The first-order valence-corrected chi connectivity index (χ1v) is 7.05. The van der Waals surface area contributed by atoms with E-state index in [1.54, 1.807) is 17.4 Å². The molecule has 0 atom stereocenters. The van der Waals surface area contributed by atoms with Gasteiger partial charge >= 0.3 is 5.97 Å². The first-order chi connectivity index (χ1) is 9.72. The SMILES string of the molecule is O=C(O)c1ccc2nc(NCCc3ccsc3)oc2c1. The number of carboxylic acid groups (broad SMARTS) is 1. The Kier molecular flexibility index (Phi) is 3.39. The van der Waals surface area contributed by atoms with E-state index < -0.39 is 5.97 Å². The highest BCUT2D eigenvalue weighted by molar-refractivity contribution is 7.07. The standard InChI is InChI=1S/C14H12N2O3S/c17-13(18)10-1-2-11-12(7-10)19-14(16-11)15-5-3-9-4-6-20-8-9/h1-2,4,6-8H,3,5H2,(H,15,16)(H,17,18). The van der Waals surface area contributed by atoms with Crippen LogP contribution in [0.2, 0.25) is 0 Å². The molecule has 5 nitrogen and oxygen atoms in total. The van der Waals surface area contributed by atoms with Gasteiger partial charge in [0.15, 0.2) is 5.58 Å². The van der Waals surface area contributed by atoms with Crippen LogP contribution in [0.25, 0.3) is 11.1 Å². The molecule has 3 rings (SSSR count). The number of rotatable bonds is 5. The molecule has 20 heavy (non-hydrogen) atoms. The first kappa shape index (κ1) is 12.7. The van der Waals surface area contributed by atoms with Gasteiger partial charge in [-0.1, -0.05) is 0 Å². The van der Waals surface area contributed by atoms with Crippen LogP contribution in [0.15, 0.2) is 39.4 Å². The number of oxazole rings is 1. The van der Waals surface area contributed by atoms with E-state index in [1.807, 2.05) is 5.38 Å². The van der Waals surface area contributed by atoms with Crippen molar-refractivity contribution in [3.05, 3.63) is 46.2 Å². The van der Waals surface area contributed by atoms with Crippen LogP contribution in [0.1, 0.15) is 15.9 Å². The minimum atomic E-state index is -0.977. The maximum Gasteiger partial charge on any atom is 0.335 e. The Morgan fingerprint density at radius 2 is 2.30 bits per heavy atom. The predicted octanol–water partition coefficient (Wildman–Crippen LogP) is 3.24. The highest BCUT2D eigenvalue weighted by Crippen LogP contribution is 2.20. The zero-order chi connectivity index (χ0) is 13.9. The molecule has 2 aromatic heterocycles. The van der Waals surface area contributed by atoms with E-state index >= 15 is 0 Å². The fourth-order valence-corrected chi connectivity index (χ4v) is 2.59. The number of nitrogens with zero attached hydrogens (tertiary/aromatic N) is 1. The van der Waals surface area contributed by atoms with Crippen molar-refractivity contribution in [2.45, 2.75) is 6.42 Å². The van der Waals surface area contributed by atoms with Crippen LogP contribution >= 0.6 is 11.3 Å². The Labute approximate surface area is 118 Å². The summed E-state index contributed by atoms with van der Waals surface area (Å²) in [5.74, 6) is -0.977. The molecule has 1 aromatic carbocycles. The summed E-state index contributed by atoms with van der Waals surface area (Å²) >= 11 is 1.67. The molecule has 2 heterocycles. The number of benzene rings is 1. The number of anilines is 1. The van der Waals surface area contributed by atoms with Crippen LogP contribution < -0.4 is 5.32 Å². The Morgan fingerprint density at radius 1 is 1.40 bits per heavy atom. The molecule has 0 radical (unpaired) electrons. The van der Waals surface area contributed by atoms with Crippen molar-refractivity contribution in [1.29, 1.82) is 0 Å².